The van der Waals surface area contributed by atoms with E-state index in [-0.39, 0.29) is 24.1 Å². The van der Waals surface area contributed by atoms with Crippen LogP contribution in [0.5, 0.6) is 0 Å². The first-order valence-corrected chi connectivity index (χ1v) is 10.1. The van der Waals surface area contributed by atoms with Crippen LogP contribution in [-0.2, 0) is 16.1 Å². The maximum absolute atomic E-state index is 13.1. The molecule has 0 radical (unpaired) electrons. The highest BCUT2D eigenvalue weighted by Gasteiger charge is 2.29. The average molecular weight is 408 g/mol. The summed E-state index contributed by atoms with van der Waals surface area (Å²) >= 11 is 0. The SMILES string of the molecule is Cc1ccccc1N1NC(C(=O)N2CCN(Cc3ccc(F)cc3)CC2)=CCC1=O. The number of halogens is 1. The molecule has 0 atom stereocenters. The van der Waals surface area contributed by atoms with Crippen LogP contribution in [0.3, 0.4) is 0 Å². The average Bonchev–Trinajstić information content (AvgIpc) is 2.76. The van der Waals surface area contributed by atoms with Crippen LogP contribution in [0.2, 0.25) is 0 Å². The summed E-state index contributed by atoms with van der Waals surface area (Å²) in [6, 6.07) is 14.1. The molecule has 0 aromatic heterocycles. The number of amides is 2. The summed E-state index contributed by atoms with van der Waals surface area (Å²) in [4.78, 5) is 29.5. The van der Waals surface area contributed by atoms with Crippen LogP contribution in [0, 0.1) is 12.7 Å². The molecule has 4 rings (SSSR count). The van der Waals surface area contributed by atoms with Crippen molar-refractivity contribution in [1.29, 1.82) is 0 Å². The molecule has 1 saturated heterocycles. The first-order valence-electron chi connectivity index (χ1n) is 10.1. The van der Waals surface area contributed by atoms with Crippen molar-refractivity contribution in [2.24, 2.45) is 0 Å². The molecule has 30 heavy (non-hydrogen) atoms. The standard InChI is InChI=1S/C23H25FN4O2/c1-17-4-2-3-5-21(17)28-22(29)11-10-20(25-28)23(30)27-14-12-26(13-15-27)16-18-6-8-19(24)9-7-18/h2-10,25H,11-16H2,1H3. The lowest BCUT2D eigenvalue weighted by molar-refractivity contribution is -0.129. The maximum atomic E-state index is 13.1. The number of benzene rings is 2. The Morgan fingerprint density at radius 1 is 1.03 bits per heavy atom. The fourth-order valence-corrected chi connectivity index (χ4v) is 3.78. The second-order valence-electron chi connectivity index (χ2n) is 7.64. The van der Waals surface area contributed by atoms with Gasteiger partial charge >= 0.3 is 0 Å². The van der Waals surface area contributed by atoms with Gasteiger partial charge < -0.3 is 4.90 Å². The minimum absolute atomic E-state index is 0.0926. The molecule has 0 bridgehead atoms. The van der Waals surface area contributed by atoms with Crippen molar-refractivity contribution in [2.75, 3.05) is 31.2 Å². The van der Waals surface area contributed by atoms with E-state index in [4.69, 9.17) is 0 Å². The van der Waals surface area contributed by atoms with E-state index in [0.717, 1.165) is 36.4 Å². The Hall–Kier alpha value is -3.19. The Balaban J connectivity index is 1.36. The molecule has 6 nitrogen and oxygen atoms in total. The molecule has 1 N–H and O–H groups in total. The summed E-state index contributed by atoms with van der Waals surface area (Å²) in [5, 5.41) is 1.47. The number of hydrogen-bond acceptors (Lipinski definition) is 4. The van der Waals surface area contributed by atoms with Crippen LogP contribution < -0.4 is 10.4 Å². The van der Waals surface area contributed by atoms with Gasteiger partial charge in [0.05, 0.1) is 5.69 Å². The van der Waals surface area contributed by atoms with Gasteiger partial charge in [0.1, 0.15) is 11.5 Å². The molecule has 0 unspecified atom stereocenters. The highest BCUT2D eigenvalue weighted by Crippen LogP contribution is 2.22. The number of para-hydroxylation sites is 1. The van der Waals surface area contributed by atoms with Crippen molar-refractivity contribution in [3.63, 3.8) is 0 Å². The van der Waals surface area contributed by atoms with Gasteiger partial charge in [-0.3, -0.25) is 19.9 Å². The molecule has 2 aliphatic rings. The predicted molar refractivity (Wildman–Crippen MR) is 113 cm³/mol. The van der Waals surface area contributed by atoms with E-state index in [1.807, 2.05) is 36.1 Å². The second kappa shape index (κ2) is 8.67. The third-order valence-electron chi connectivity index (χ3n) is 5.53. The molecule has 0 spiro atoms. The Kier molecular flexibility index (Phi) is 5.81. The number of carbonyl (C=O) groups excluding carboxylic acids is 2. The molecule has 2 amide bonds. The Morgan fingerprint density at radius 3 is 2.43 bits per heavy atom. The summed E-state index contributed by atoms with van der Waals surface area (Å²) in [6.07, 6.45) is 1.86. The normalized spacial score (nSPS) is 17.5. The number of rotatable bonds is 4. The number of aryl methyl sites for hydroxylation is 1. The van der Waals surface area contributed by atoms with Crippen LogP contribution in [0.4, 0.5) is 10.1 Å². The van der Waals surface area contributed by atoms with Crippen molar-refractivity contribution < 1.29 is 14.0 Å². The van der Waals surface area contributed by atoms with E-state index >= 15 is 0 Å². The fourth-order valence-electron chi connectivity index (χ4n) is 3.78. The van der Waals surface area contributed by atoms with Crippen LogP contribution in [0.1, 0.15) is 17.5 Å². The number of hydrazine groups is 1. The van der Waals surface area contributed by atoms with E-state index in [2.05, 4.69) is 10.3 Å². The van der Waals surface area contributed by atoms with E-state index in [9.17, 15) is 14.0 Å². The zero-order chi connectivity index (χ0) is 21.1. The zero-order valence-electron chi connectivity index (χ0n) is 17.0. The molecular weight excluding hydrogens is 383 g/mol. The van der Waals surface area contributed by atoms with Crippen LogP contribution in [0.25, 0.3) is 0 Å². The van der Waals surface area contributed by atoms with E-state index in [0.29, 0.717) is 18.8 Å². The second-order valence-corrected chi connectivity index (χ2v) is 7.64. The van der Waals surface area contributed by atoms with Gasteiger partial charge in [-0.25, -0.2) is 9.40 Å². The largest absolute Gasteiger partial charge is 0.335 e. The molecule has 0 aliphatic carbocycles. The molecular formula is C23H25FN4O2. The molecule has 2 aromatic rings. The number of carbonyl (C=O) groups is 2. The van der Waals surface area contributed by atoms with Gasteiger partial charge in [0.25, 0.3) is 5.91 Å². The molecule has 2 aliphatic heterocycles. The number of hydrogen-bond donors (Lipinski definition) is 1. The molecule has 7 heteroatoms. The summed E-state index contributed by atoms with van der Waals surface area (Å²) in [5.74, 6) is -0.423. The van der Waals surface area contributed by atoms with Gasteiger partial charge in [-0.05, 0) is 42.3 Å². The highest BCUT2D eigenvalue weighted by molar-refractivity contribution is 6.01. The van der Waals surface area contributed by atoms with Gasteiger partial charge in [-0.15, -0.1) is 0 Å². The molecule has 2 heterocycles. The summed E-state index contributed by atoms with van der Waals surface area (Å²) in [5.41, 5.74) is 6.22. The lowest BCUT2D eigenvalue weighted by Gasteiger charge is -2.37. The van der Waals surface area contributed by atoms with Gasteiger partial charge in [0.15, 0.2) is 0 Å². The van der Waals surface area contributed by atoms with Crippen LogP contribution >= 0.6 is 0 Å². The summed E-state index contributed by atoms with van der Waals surface area (Å²) in [7, 11) is 0. The van der Waals surface area contributed by atoms with Crippen molar-refractivity contribution in [3.05, 3.63) is 77.2 Å². The monoisotopic (exact) mass is 408 g/mol. The molecule has 2 aromatic carbocycles. The lowest BCUT2D eigenvalue weighted by Crippen LogP contribution is -2.53. The minimum Gasteiger partial charge on any atom is -0.335 e. The summed E-state index contributed by atoms with van der Waals surface area (Å²) in [6.45, 7) is 5.38. The Bertz CT molecular complexity index is 965. The van der Waals surface area contributed by atoms with E-state index < -0.39 is 0 Å². The lowest BCUT2D eigenvalue weighted by atomic mass is 10.1. The predicted octanol–water partition coefficient (Wildman–Crippen LogP) is 2.60. The molecule has 156 valence electrons. The topological polar surface area (TPSA) is 55.9 Å². The number of anilines is 1. The first kappa shape index (κ1) is 20.1. The van der Waals surface area contributed by atoms with Gasteiger partial charge in [0.2, 0.25) is 5.91 Å². The highest BCUT2D eigenvalue weighted by atomic mass is 19.1. The molecule has 1 fully saturated rings. The van der Waals surface area contributed by atoms with Gasteiger partial charge in [-0.1, -0.05) is 30.3 Å². The first-order chi connectivity index (χ1) is 14.5. The number of nitrogens with zero attached hydrogens (tertiary/aromatic N) is 3. The van der Waals surface area contributed by atoms with Gasteiger partial charge in [-0.2, -0.15) is 0 Å². The quantitative estimate of drug-likeness (QED) is 0.845. The third kappa shape index (κ3) is 4.36. The minimum atomic E-state index is -0.236. The number of nitrogens with one attached hydrogen (secondary N) is 1. The summed E-state index contributed by atoms with van der Waals surface area (Å²) < 4.78 is 13.1. The van der Waals surface area contributed by atoms with Crippen molar-refractivity contribution in [3.8, 4) is 0 Å². The van der Waals surface area contributed by atoms with Crippen molar-refractivity contribution in [2.45, 2.75) is 19.9 Å². The Labute approximate surface area is 175 Å². The Morgan fingerprint density at radius 2 is 1.73 bits per heavy atom. The van der Waals surface area contributed by atoms with Crippen LogP contribution in [-0.4, -0.2) is 47.8 Å². The fraction of sp³-hybridized carbons (Fsp3) is 0.304. The van der Waals surface area contributed by atoms with Gasteiger partial charge in [0, 0.05) is 39.1 Å². The maximum Gasteiger partial charge on any atom is 0.271 e. The smallest absolute Gasteiger partial charge is 0.271 e. The van der Waals surface area contributed by atoms with E-state index in [1.165, 1.54) is 17.1 Å². The zero-order valence-corrected chi connectivity index (χ0v) is 17.0. The number of piperazine rings is 1. The van der Waals surface area contributed by atoms with Crippen molar-refractivity contribution in [1.82, 2.24) is 15.2 Å². The third-order valence-corrected chi connectivity index (χ3v) is 5.53. The van der Waals surface area contributed by atoms with Crippen molar-refractivity contribution >= 4 is 17.5 Å². The van der Waals surface area contributed by atoms with E-state index in [1.54, 1.807) is 18.2 Å². The van der Waals surface area contributed by atoms with Crippen LogP contribution in [0.15, 0.2) is 60.3 Å². The molecule has 0 saturated carbocycles.